The van der Waals surface area contributed by atoms with Crippen molar-refractivity contribution in [2.75, 3.05) is 6.54 Å². The number of aryl methyl sites for hydroxylation is 1. The van der Waals surface area contributed by atoms with Crippen LogP contribution < -0.4 is 5.32 Å². The lowest BCUT2D eigenvalue weighted by Crippen LogP contribution is -2.30. The highest BCUT2D eigenvalue weighted by Gasteiger charge is 2.10. The first kappa shape index (κ1) is 14.7. The molecule has 0 spiro atoms. The van der Waals surface area contributed by atoms with Crippen LogP contribution in [0.5, 0.6) is 0 Å². The summed E-state index contributed by atoms with van der Waals surface area (Å²) in [5.74, 6) is 0.296. The molecule has 18 heavy (non-hydrogen) atoms. The number of aromatic nitrogens is 1. The number of carbonyl (C=O) groups is 1. The number of carbonyl (C=O) groups excluding carboxylic acids is 1. The maximum atomic E-state index is 11.8. The first-order valence-electron chi connectivity index (χ1n) is 6.82. The molecule has 3 nitrogen and oxygen atoms in total. The fraction of sp³-hybridized carbons (Fsp3) is 0.600. The van der Waals surface area contributed by atoms with Crippen molar-refractivity contribution in [3.8, 4) is 0 Å². The largest absolute Gasteiger partial charge is 0.356 e. The van der Waals surface area contributed by atoms with Gasteiger partial charge >= 0.3 is 0 Å². The maximum Gasteiger partial charge on any atom is 0.222 e. The molecule has 0 saturated carbocycles. The molecule has 100 valence electrons. The van der Waals surface area contributed by atoms with Gasteiger partial charge in [0.2, 0.25) is 5.91 Å². The minimum absolute atomic E-state index is 0.126. The standard InChI is InChI=1S/C15H24N2O/c1-4-5-6-12(2)15(18)16-10-9-14-8-7-13(3)17-11-14/h7-8,11-12H,4-6,9-10H2,1-3H3,(H,16,18)/t12-/m1/s1. The third kappa shape index (κ3) is 5.30. The highest BCUT2D eigenvalue weighted by Crippen LogP contribution is 2.07. The zero-order valence-electron chi connectivity index (χ0n) is 11.7. The summed E-state index contributed by atoms with van der Waals surface area (Å²) in [6.07, 6.45) is 5.97. The molecule has 1 rings (SSSR count). The normalized spacial score (nSPS) is 12.2. The van der Waals surface area contributed by atoms with Gasteiger partial charge in [0.1, 0.15) is 0 Å². The Hall–Kier alpha value is -1.38. The second kappa shape index (κ2) is 7.85. The molecule has 1 aromatic rings. The Labute approximate surface area is 110 Å². The summed E-state index contributed by atoms with van der Waals surface area (Å²) < 4.78 is 0. The number of rotatable bonds is 7. The number of unbranched alkanes of at least 4 members (excludes halogenated alkanes) is 1. The summed E-state index contributed by atoms with van der Waals surface area (Å²) in [5.41, 5.74) is 2.19. The Morgan fingerprint density at radius 1 is 1.44 bits per heavy atom. The van der Waals surface area contributed by atoms with Crippen LogP contribution >= 0.6 is 0 Å². The molecule has 3 heteroatoms. The van der Waals surface area contributed by atoms with Gasteiger partial charge in [-0.15, -0.1) is 0 Å². The van der Waals surface area contributed by atoms with Crippen molar-refractivity contribution in [1.29, 1.82) is 0 Å². The molecule has 1 atom stereocenters. The molecule has 1 N–H and O–H groups in total. The van der Waals surface area contributed by atoms with Crippen LogP contribution in [0, 0.1) is 12.8 Å². The maximum absolute atomic E-state index is 11.8. The number of amides is 1. The van der Waals surface area contributed by atoms with E-state index in [0.29, 0.717) is 6.54 Å². The molecule has 0 saturated heterocycles. The Kier molecular flexibility index (Phi) is 6.40. The lowest BCUT2D eigenvalue weighted by molar-refractivity contribution is -0.124. The summed E-state index contributed by atoms with van der Waals surface area (Å²) in [5, 5.41) is 2.99. The highest BCUT2D eigenvalue weighted by molar-refractivity contribution is 5.78. The summed E-state index contributed by atoms with van der Waals surface area (Å²) in [6, 6.07) is 4.07. The molecule has 1 heterocycles. The molecule has 0 bridgehead atoms. The molecule has 0 aromatic carbocycles. The Bertz CT molecular complexity index is 359. The van der Waals surface area contributed by atoms with Gasteiger partial charge in [-0.1, -0.05) is 32.8 Å². The van der Waals surface area contributed by atoms with Crippen LogP contribution in [0.3, 0.4) is 0 Å². The monoisotopic (exact) mass is 248 g/mol. The van der Waals surface area contributed by atoms with Gasteiger partial charge in [0.05, 0.1) is 0 Å². The lowest BCUT2D eigenvalue weighted by Gasteiger charge is -2.11. The summed E-state index contributed by atoms with van der Waals surface area (Å²) >= 11 is 0. The van der Waals surface area contributed by atoms with E-state index in [1.807, 2.05) is 26.1 Å². The van der Waals surface area contributed by atoms with Crippen LogP contribution in [0.2, 0.25) is 0 Å². The predicted octanol–water partition coefficient (Wildman–Crippen LogP) is 2.88. The van der Waals surface area contributed by atoms with Gasteiger partial charge in [0.25, 0.3) is 0 Å². The van der Waals surface area contributed by atoms with E-state index in [-0.39, 0.29) is 11.8 Å². The van der Waals surface area contributed by atoms with Crippen molar-refractivity contribution in [1.82, 2.24) is 10.3 Å². The molecular formula is C15H24N2O. The molecule has 0 radical (unpaired) electrons. The Balaban J connectivity index is 2.24. The van der Waals surface area contributed by atoms with E-state index in [1.165, 1.54) is 5.56 Å². The van der Waals surface area contributed by atoms with E-state index in [4.69, 9.17) is 0 Å². The molecule has 0 aliphatic carbocycles. The van der Waals surface area contributed by atoms with Gasteiger partial charge in [-0.3, -0.25) is 9.78 Å². The van der Waals surface area contributed by atoms with Crippen molar-refractivity contribution >= 4 is 5.91 Å². The van der Waals surface area contributed by atoms with E-state index < -0.39 is 0 Å². The number of hydrogen-bond donors (Lipinski definition) is 1. The molecule has 0 unspecified atom stereocenters. The lowest BCUT2D eigenvalue weighted by atomic mass is 10.0. The van der Waals surface area contributed by atoms with Crippen molar-refractivity contribution in [3.05, 3.63) is 29.6 Å². The van der Waals surface area contributed by atoms with Crippen molar-refractivity contribution in [2.24, 2.45) is 5.92 Å². The Morgan fingerprint density at radius 3 is 2.83 bits per heavy atom. The van der Waals surface area contributed by atoms with Crippen LogP contribution in [0.1, 0.15) is 44.4 Å². The van der Waals surface area contributed by atoms with Gasteiger partial charge in [0, 0.05) is 24.4 Å². The van der Waals surface area contributed by atoms with Crippen molar-refractivity contribution < 1.29 is 4.79 Å². The summed E-state index contributed by atoms with van der Waals surface area (Å²) in [7, 11) is 0. The minimum Gasteiger partial charge on any atom is -0.356 e. The molecule has 1 aromatic heterocycles. The van der Waals surface area contributed by atoms with Crippen LogP contribution in [0.4, 0.5) is 0 Å². The van der Waals surface area contributed by atoms with Crippen LogP contribution in [0.15, 0.2) is 18.3 Å². The van der Waals surface area contributed by atoms with E-state index in [9.17, 15) is 4.79 Å². The number of nitrogens with one attached hydrogen (secondary N) is 1. The number of nitrogens with zero attached hydrogens (tertiary/aromatic N) is 1. The van der Waals surface area contributed by atoms with Gasteiger partial charge in [-0.05, 0) is 31.4 Å². The fourth-order valence-electron chi connectivity index (χ4n) is 1.79. The van der Waals surface area contributed by atoms with Crippen LogP contribution in [0.25, 0.3) is 0 Å². The van der Waals surface area contributed by atoms with Gasteiger partial charge < -0.3 is 5.32 Å². The number of pyridine rings is 1. The number of hydrogen-bond acceptors (Lipinski definition) is 2. The predicted molar refractivity (Wildman–Crippen MR) is 74.4 cm³/mol. The molecule has 0 aliphatic rings. The van der Waals surface area contributed by atoms with Crippen LogP contribution in [-0.2, 0) is 11.2 Å². The highest BCUT2D eigenvalue weighted by atomic mass is 16.1. The second-order valence-electron chi connectivity index (χ2n) is 4.89. The third-order valence-corrected chi connectivity index (χ3v) is 3.12. The van der Waals surface area contributed by atoms with Gasteiger partial charge in [0.15, 0.2) is 0 Å². The van der Waals surface area contributed by atoms with Crippen molar-refractivity contribution in [3.63, 3.8) is 0 Å². The molecular weight excluding hydrogens is 224 g/mol. The van der Waals surface area contributed by atoms with E-state index in [1.54, 1.807) is 0 Å². The van der Waals surface area contributed by atoms with Gasteiger partial charge in [-0.25, -0.2) is 0 Å². The quantitative estimate of drug-likeness (QED) is 0.806. The SMILES string of the molecule is CCCC[C@@H](C)C(=O)NCCc1ccc(C)nc1. The van der Waals surface area contributed by atoms with Gasteiger partial charge in [-0.2, -0.15) is 0 Å². The third-order valence-electron chi connectivity index (χ3n) is 3.12. The smallest absolute Gasteiger partial charge is 0.222 e. The zero-order chi connectivity index (χ0) is 13.4. The van der Waals surface area contributed by atoms with Crippen molar-refractivity contribution in [2.45, 2.75) is 46.5 Å². The fourth-order valence-corrected chi connectivity index (χ4v) is 1.79. The van der Waals surface area contributed by atoms with E-state index in [0.717, 1.165) is 31.4 Å². The van der Waals surface area contributed by atoms with E-state index in [2.05, 4.69) is 23.3 Å². The molecule has 0 fully saturated rings. The second-order valence-corrected chi connectivity index (χ2v) is 4.89. The Morgan fingerprint density at radius 2 is 2.22 bits per heavy atom. The first-order valence-corrected chi connectivity index (χ1v) is 6.82. The topological polar surface area (TPSA) is 42.0 Å². The average Bonchev–Trinajstić information content (AvgIpc) is 2.38. The summed E-state index contributed by atoms with van der Waals surface area (Å²) in [4.78, 5) is 16.0. The average molecular weight is 248 g/mol. The first-order chi connectivity index (χ1) is 8.63. The van der Waals surface area contributed by atoms with E-state index >= 15 is 0 Å². The molecule has 1 amide bonds. The minimum atomic E-state index is 0.126. The summed E-state index contributed by atoms with van der Waals surface area (Å²) in [6.45, 7) is 6.81. The van der Waals surface area contributed by atoms with Crippen LogP contribution in [-0.4, -0.2) is 17.4 Å². The zero-order valence-corrected chi connectivity index (χ0v) is 11.7. The molecule has 0 aliphatic heterocycles.